The second kappa shape index (κ2) is 8.04. The molecular weight excluding hydrogens is 216 g/mol. The lowest BCUT2D eigenvalue weighted by Gasteiger charge is -2.07. The van der Waals surface area contributed by atoms with Crippen molar-refractivity contribution in [3.8, 4) is 0 Å². The van der Waals surface area contributed by atoms with E-state index in [1.54, 1.807) is 0 Å². The molecular formula is C9H22N2O3S. The zero-order valence-corrected chi connectivity index (χ0v) is 10.3. The van der Waals surface area contributed by atoms with Crippen molar-refractivity contribution in [1.29, 1.82) is 0 Å². The average molecular weight is 238 g/mol. The molecule has 5 nitrogen and oxygen atoms in total. The SMILES string of the molecule is CC(C)OCCCCNS(=O)(=O)CCN. The van der Waals surface area contributed by atoms with Gasteiger partial charge in [-0.25, -0.2) is 13.1 Å². The Morgan fingerprint density at radius 3 is 2.53 bits per heavy atom. The topological polar surface area (TPSA) is 81.4 Å². The van der Waals surface area contributed by atoms with Gasteiger partial charge in [-0.2, -0.15) is 0 Å². The van der Waals surface area contributed by atoms with Crippen LogP contribution in [0.15, 0.2) is 0 Å². The Kier molecular flexibility index (Phi) is 7.95. The maximum absolute atomic E-state index is 11.1. The van der Waals surface area contributed by atoms with E-state index >= 15 is 0 Å². The molecule has 0 aromatic heterocycles. The minimum atomic E-state index is -3.15. The average Bonchev–Trinajstić information content (AvgIpc) is 2.10. The van der Waals surface area contributed by atoms with Crippen LogP contribution in [-0.2, 0) is 14.8 Å². The highest BCUT2D eigenvalue weighted by Gasteiger charge is 2.06. The molecule has 6 heteroatoms. The molecule has 0 heterocycles. The normalized spacial score (nSPS) is 12.3. The number of sulfonamides is 1. The predicted octanol–water partition coefficient (Wildman–Crippen LogP) is 0.0697. The van der Waals surface area contributed by atoms with Gasteiger partial charge in [0.1, 0.15) is 0 Å². The quantitative estimate of drug-likeness (QED) is 0.557. The van der Waals surface area contributed by atoms with E-state index in [9.17, 15) is 8.42 Å². The molecule has 0 fully saturated rings. The summed E-state index contributed by atoms with van der Waals surface area (Å²) in [5, 5.41) is 0. The van der Waals surface area contributed by atoms with Crippen LogP contribution in [0, 0.1) is 0 Å². The minimum Gasteiger partial charge on any atom is -0.379 e. The summed E-state index contributed by atoms with van der Waals surface area (Å²) >= 11 is 0. The van der Waals surface area contributed by atoms with Gasteiger partial charge >= 0.3 is 0 Å². The van der Waals surface area contributed by atoms with Gasteiger partial charge in [-0.3, -0.25) is 0 Å². The summed E-state index contributed by atoms with van der Waals surface area (Å²) in [6.45, 7) is 5.25. The molecule has 0 aliphatic rings. The molecule has 92 valence electrons. The van der Waals surface area contributed by atoms with Gasteiger partial charge in [-0.05, 0) is 26.7 Å². The zero-order valence-electron chi connectivity index (χ0n) is 9.53. The van der Waals surface area contributed by atoms with Gasteiger partial charge in [0.05, 0.1) is 11.9 Å². The summed E-state index contributed by atoms with van der Waals surface area (Å²) in [5.41, 5.74) is 5.16. The van der Waals surface area contributed by atoms with Crippen LogP contribution in [-0.4, -0.2) is 40.0 Å². The Labute approximate surface area is 92.4 Å². The van der Waals surface area contributed by atoms with Crippen molar-refractivity contribution in [3.05, 3.63) is 0 Å². The van der Waals surface area contributed by atoms with Gasteiger partial charge in [0.15, 0.2) is 0 Å². The second-order valence-electron chi connectivity index (χ2n) is 3.63. The molecule has 0 unspecified atom stereocenters. The third-order valence-corrected chi connectivity index (χ3v) is 3.15. The first-order valence-corrected chi connectivity index (χ1v) is 6.92. The molecule has 0 aromatic rings. The van der Waals surface area contributed by atoms with E-state index in [-0.39, 0.29) is 18.4 Å². The molecule has 15 heavy (non-hydrogen) atoms. The van der Waals surface area contributed by atoms with E-state index in [0.29, 0.717) is 13.2 Å². The van der Waals surface area contributed by atoms with Gasteiger partial charge in [0.25, 0.3) is 0 Å². The van der Waals surface area contributed by atoms with Crippen LogP contribution < -0.4 is 10.5 Å². The number of hydrogen-bond donors (Lipinski definition) is 2. The van der Waals surface area contributed by atoms with Gasteiger partial charge in [-0.1, -0.05) is 0 Å². The van der Waals surface area contributed by atoms with Gasteiger partial charge in [0.2, 0.25) is 10.0 Å². The van der Waals surface area contributed by atoms with Crippen LogP contribution in [0.1, 0.15) is 26.7 Å². The van der Waals surface area contributed by atoms with Crippen LogP contribution >= 0.6 is 0 Å². The van der Waals surface area contributed by atoms with Crippen molar-refractivity contribution >= 4 is 10.0 Å². The van der Waals surface area contributed by atoms with E-state index in [4.69, 9.17) is 10.5 Å². The fourth-order valence-electron chi connectivity index (χ4n) is 1.00. The van der Waals surface area contributed by atoms with Crippen molar-refractivity contribution in [2.75, 3.05) is 25.4 Å². The number of ether oxygens (including phenoxy) is 1. The summed E-state index contributed by atoms with van der Waals surface area (Å²) < 4.78 is 30.1. The molecule has 0 aliphatic carbocycles. The Balaban J connectivity index is 3.38. The molecule has 0 rings (SSSR count). The molecule has 0 aliphatic heterocycles. The lowest BCUT2D eigenvalue weighted by Crippen LogP contribution is -2.30. The van der Waals surface area contributed by atoms with Crippen LogP contribution in [0.4, 0.5) is 0 Å². The van der Waals surface area contributed by atoms with Crippen molar-refractivity contribution in [2.45, 2.75) is 32.8 Å². The van der Waals surface area contributed by atoms with Crippen molar-refractivity contribution in [1.82, 2.24) is 4.72 Å². The Morgan fingerprint density at radius 1 is 1.33 bits per heavy atom. The molecule has 0 saturated heterocycles. The van der Waals surface area contributed by atoms with Crippen molar-refractivity contribution < 1.29 is 13.2 Å². The Hall–Kier alpha value is -0.170. The van der Waals surface area contributed by atoms with Gasteiger partial charge in [0, 0.05) is 19.7 Å². The Bertz CT molecular complexity index is 240. The summed E-state index contributed by atoms with van der Waals surface area (Å²) in [6, 6.07) is 0. The largest absolute Gasteiger partial charge is 0.379 e. The number of unbranched alkanes of at least 4 members (excludes halogenated alkanes) is 1. The highest BCUT2D eigenvalue weighted by Crippen LogP contribution is 1.94. The molecule has 0 bridgehead atoms. The first-order valence-electron chi connectivity index (χ1n) is 5.27. The monoisotopic (exact) mass is 238 g/mol. The lowest BCUT2D eigenvalue weighted by molar-refractivity contribution is 0.0762. The maximum atomic E-state index is 11.1. The molecule has 0 spiro atoms. The third-order valence-electron chi connectivity index (χ3n) is 1.73. The van der Waals surface area contributed by atoms with E-state index in [1.165, 1.54) is 0 Å². The van der Waals surface area contributed by atoms with E-state index in [0.717, 1.165) is 12.8 Å². The summed E-state index contributed by atoms with van der Waals surface area (Å²) in [5.74, 6) is -0.00447. The smallest absolute Gasteiger partial charge is 0.212 e. The molecule has 0 radical (unpaired) electrons. The van der Waals surface area contributed by atoms with E-state index in [1.807, 2.05) is 13.8 Å². The molecule has 0 amide bonds. The number of nitrogens with one attached hydrogen (secondary N) is 1. The lowest BCUT2D eigenvalue weighted by atomic mass is 10.3. The summed E-state index contributed by atoms with van der Waals surface area (Å²) in [7, 11) is -3.15. The van der Waals surface area contributed by atoms with Crippen LogP contribution in [0.5, 0.6) is 0 Å². The maximum Gasteiger partial charge on any atom is 0.212 e. The molecule has 0 saturated carbocycles. The number of hydrogen-bond acceptors (Lipinski definition) is 4. The highest BCUT2D eigenvalue weighted by atomic mass is 32.2. The third kappa shape index (κ3) is 10.1. The summed E-state index contributed by atoms with van der Waals surface area (Å²) in [6.07, 6.45) is 1.89. The van der Waals surface area contributed by atoms with Crippen LogP contribution in [0.2, 0.25) is 0 Å². The molecule has 0 atom stereocenters. The first-order chi connectivity index (χ1) is 6.98. The minimum absolute atomic E-state index is 0.00447. The van der Waals surface area contributed by atoms with E-state index < -0.39 is 10.0 Å². The first kappa shape index (κ1) is 14.8. The van der Waals surface area contributed by atoms with Crippen LogP contribution in [0.3, 0.4) is 0 Å². The predicted molar refractivity (Wildman–Crippen MR) is 61.2 cm³/mol. The number of rotatable bonds is 9. The Morgan fingerprint density at radius 2 is 2.00 bits per heavy atom. The zero-order chi connectivity index (χ0) is 11.7. The standard InChI is InChI=1S/C9H22N2O3S/c1-9(2)14-7-4-3-6-11-15(12,13)8-5-10/h9,11H,3-8,10H2,1-2H3. The fourth-order valence-corrected chi connectivity index (χ4v) is 1.91. The van der Waals surface area contributed by atoms with Crippen molar-refractivity contribution in [3.63, 3.8) is 0 Å². The molecule has 3 N–H and O–H groups in total. The van der Waals surface area contributed by atoms with E-state index in [2.05, 4.69) is 4.72 Å². The second-order valence-corrected chi connectivity index (χ2v) is 5.55. The van der Waals surface area contributed by atoms with Crippen LogP contribution in [0.25, 0.3) is 0 Å². The van der Waals surface area contributed by atoms with Crippen molar-refractivity contribution in [2.24, 2.45) is 5.73 Å². The summed E-state index contributed by atoms with van der Waals surface area (Å²) in [4.78, 5) is 0. The highest BCUT2D eigenvalue weighted by molar-refractivity contribution is 7.89. The fraction of sp³-hybridized carbons (Fsp3) is 1.00. The number of nitrogens with two attached hydrogens (primary N) is 1. The van der Waals surface area contributed by atoms with Gasteiger partial charge < -0.3 is 10.5 Å². The molecule has 0 aromatic carbocycles. The van der Waals surface area contributed by atoms with Gasteiger partial charge in [-0.15, -0.1) is 0 Å².